The van der Waals surface area contributed by atoms with Crippen LogP contribution < -0.4 is 24.8 Å². The van der Waals surface area contributed by atoms with Crippen LogP contribution >= 0.6 is 11.6 Å². The molecule has 1 aromatic heterocycles. The first kappa shape index (κ1) is 22.1. The average molecular weight is 464 g/mol. The van der Waals surface area contributed by atoms with Crippen LogP contribution in [-0.2, 0) is 9.59 Å². The number of amides is 2. The average Bonchev–Trinajstić information content (AvgIpc) is 2.71. The minimum atomic E-state index is -0.607. The second kappa shape index (κ2) is 8.46. The van der Waals surface area contributed by atoms with Crippen molar-refractivity contribution in [2.75, 3.05) is 20.3 Å². The summed E-state index contributed by atoms with van der Waals surface area (Å²) in [6.45, 7) is 1.42. The fourth-order valence-electron chi connectivity index (χ4n) is 4.37. The Morgan fingerprint density at radius 1 is 1.06 bits per heavy atom. The molecule has 2 amide bonds. The number of aromatic nitrogens is 1. The quantitative estimate of drug-likeness (QED) is 0.593. The van der Waals surface area contributed by atoms with Crippen LogP contribution in [0.25, 0.3) is 0 Å². The molecule has 170 valence electrons. The minimum Gasteiger partial charge on any atom is -0.484 e. The van der Waals surface area contributed by atoms with Crippen LogP contribution in [0.2, 0.25) is 5.02 Å². The molecule has 1 aromatic carbocycles. The molecular formula is C22H23ClFN3O5. The summed E-state index contributed by atoms with van der Waals surface area (Å²) < 4.78 is 29.3. The monoisotopic (exact) mass is 463 g/mol. The number of aryl methyl sites for hydroxylation is 1. The molecule has 0 aliphatic heterocycles. The van der Waals surface area contributed by atoms with Crippen molar-refractivity contribution in [2.45, 2.75) is 37.3 Å². The van der Waals surface area contributed by atoms with E-state index in [-0.39, 0.29) is 46.9 Å². The van der Waals surface area contributed by atoms with E-state index < -0.39 is 5.82 Å². The van der Waals surface area contributed by atoms with E-state index >= 15 is 0 Å². The fourth-order valence-corrected chi connectivity index (χ4v) is 4.48. The highest BCUT2D eigenvalue weighted by atomic mass is 35.5. The summed E-state index contributed by atoms with van der Waals surface area (Å²) in [6.07, 6.45) is 1.95. The van der Waals surface area contributed by atoms with Crippen molar-refractivity contribution in [3.8, 4) is 17.4 Å². The summed E-state index contributed by atoms with van der Waals surface area (Å²) in [4.78, 5) is 28.7. The van der Waals surface area contributed by atoms with E-state index in [1.54, 1.807) is 19.1 Å². The molecule has 0 radical (unpaired) electrons. The number of halogens is 2. The highest BCUT2D eigenvalue weighted by Gasteiger charge is 2.69. The highest BCUT2D eigenvalue weighted by molar-refractivity contribution is 6.30. The first-order valence-electron chi connectivity index (χ1n) is 10.1. The molecule has 3 aliphatic rings. The number of ether oxygens (including phenoxy) is 3. The van der Waals surface area contributed by atoms with Crippen LogP contribution in [0, 0.1) is 12.7 Å². The lowest BCUT2D eigenvalue weighted by Crippen LogP contribution is -2.84. The van der Waals surface area contributed by atoms with Gasteiger partial charge >= 0.3 is 0 Å². The SMILES string of the molecule is COc1ccc(OCC(=O)NC23CC(NC(=O)COc4ccc(Cl)c(F)c4)(C2)C3)c(C)n1. The zero-order valence-corrected chi connectivity index (χ0v) is 18.4. The van der Waals surface area contributed by atoms with E-state index in [1.807, 2.05) is 0 Å². The van der Waals surface area contributed by atoms with Gasteiger partial charge in [0.05, 0.1) is 17.8 Å². The number of hydrogen-bond donors (Lipinski definition) is 2. The molecular weight excluding hydrogens is 441 g/mol. The lowest BCUT2D eigenvalue weighted by molar-refractivity contribution is -0.151. The summed E-state index contributed by atoms with van der Waals surface area (Å²) in [6, 6.07) is 7.37. The van der Waals surface area contributed by atoms with Crippen LogP contribution in [0.15, 0.2) is 30.3 Å². The van der Waals surface area contributed by atoms with E-state index in [4.69, 9.17) is 25.8 Å². The summed E-state index contributed by atoms with van der Waals surface area (Å²) in [5, 5.41) is 5.93. The zero-order valence-electron chi connectivity index (χ0n) is 17.7. The summed E-state index contributed by atoms with van der Waals surface area (Å²) >= 11 is 5.63. The predicted octanol–water partition coefficient (Wildman–Crippen LogP) is 2.56. The van der Waals surface area contributed by atoms with E-state index in [1.165, 1.54) is 19.2 Å². The second-order valence-electron chi connectivity index (χ2n) is 8.28. The molecule has 3 fully saturated rings. The van der Waals surface area contributed by atoms with Gasteiger partial charge in [-0.05, 0) is 44.4 Å². The molecule has 32 heavy (non-hydrogen) atoms. The number of rotatable bonds is 9. The molecule has 2 aromatic rings. The van der Waals surface area contributed by atoms with Gasteiger partial charge in [-0.25, -0.2) is 9.37 Å². The number of pyridine rings is 1. The normalized spacial score (nSPS) is 22.8. The lowest BCUT2D eigenvalue weighted by atomic mass is 9.44. The van der Waals surface area contributed by atoms with Crippen LogP contribution in [0.3, 0.4) is 0 Å². The van der Waals surface area contributed by atoms with Gasteiger partial charge in [-0.2, -0.15) is 0 Å². The summed E-state index contributed by atoms with van der Waals surface area (Å²) in [5.74, 6) is 0.0857. The number of nitrogens with zero attached hydrogens (tertiary/aromatic N) is 1. The standard InChI is InChI=1S/C22H23ClFN3O5/c1-13-17(5-6-20(25-13)30-2)32-9-19(29)27-22-10-21(11-22,12-22)26-18(28)8-31-14-3-4-15(23)16(24)7-14/h3-7H,8-12H2,1-2H3,(H,26,28)(H,27,29). The number of methoxy groups -OCH3 is 1. The number of carbonyl (C=O) groups excluding carboxylic acids is 2. The fraction of sp³-hybridized carbons (Fsp3) is 0.409. The van der Waals surface area contributed by atoms with Gasteiger partial charge in [-0.15, -0.1) is 0 Å². The van der Waals surface area contributed by atoms with E-state index in [9.17, 15) is 14.0 Å². The first-order chi connectivity index (χ1) is 15.2. The van der Waals surface area contributed by atoms with Gasteiger partial charge in [0, 0.05) is 23.2 Å². The molecule has 0 spiro atoms. The Morgan fingerprint density at radius 2 is 1.69 bits per heavy atom. The lowest BCUT2D eigenvalue weighted by Gasteiger charge is -2.70. The van der Waals surface area contributed by atoms with Gasteiger partial charge in [0.1, 0.15) is 17.3 Å². The van der Waals surface area contributed by atoms with Gasteiger partial charge in [-0.3, -0.25) is 9.59 Å². The maximum absolute atomic E-state index is 13.4. The van der Waals surface area contributed by atoms with Crippen LogP contribution in [0.4, 0.5) is 4.39 Å². The molecule has 5 rings (SSSR count). The Labute approximate surface area is 189 Å². The van der Waals surface area contributed by atoms with Crippen LogP contribution in [0.1, 0.15) is 25.0 Å². The van der Waals surface area contributed by atoms with E-state index in [0.717, 1.165) is 6.07 Å². The maximum Gasteiger partial charge on any atom is 0.258 e. The third-order valence-corrected chi connectivity index (χ3v) is 5.99. The van der Waals surface area contributed by atoms with Crippen LogP contribution in [-0.4, -0.2) is 48.2 Å². The molecule has 0 saturated heterocycles. The molecule has 8 nitrogen and oxygen atoms in total. The molecule has 3 aliphatic carbocycles. The van der Waals surface area contributed by atoms with Gasteiger partial charge in [0.25, 0.3) is 11.8 Å². The van der Waals surface area contributed by atoms with Crippen molar-refractivity contribution in [2.24, 2.45) is 0 Å². The Kier molecular flexibility index (Phi) is 5.85. The van der Waals surface area contributed by atoms with Crippen molar-refractivity contribution >= 4 is 23.4 Å². The maximum atomic E-state index is 13.4. The topological polar surface area (TPSA) is 98.8 Å². The molecule has 1 heterocycles. The van der Waals surface area contributed by atoms with Gasteiger partial charge in [0.2, 0.25) is 5.88 Å². The summed E-state index contributed by atoms with van der Waals surface area (Å²) in [7, 11) is 1.53. The first-order valence-corrected chi connectivity index (χ1v) is 10.4. The minimum absolute atomic E-state index is 0.00999. The summed E-state index contributed by atoms with van der Waals surface area (Å²) in [5.41, 5.74) is 0.00473. The second-order valence-corrected chi connectivity index (χ2v) is 8.68. The highest BCUT2D eigenvalue weighted by Crippen LogP contribution is 2.60. The third kappa shape index (κ3) is 4.57. The molecule has 2 bridgehead atoms. The largest absolute Gasteiger partial charge is 0.484 e. The smallest absolute Gasteiger partial charge is 0.258 e. The van der Waals surface area contributed by atoms with Gasteiger partial charge in [0.15, 0.2) is 13.2 Å². The van der Waals surface area contributed by atoms with Gasteiger partial charge in [-0.1, -0.05) is 11.6 Å². The number of benzene rings is 1. The van der Waals surface area contributed by atoms with Crippen LogP contribution in [0.5, 0.6) is 17.4 Å². The zero-order chi connectivity index (χ0) is 22.9. The molecule has 3 saturated carbocycles. The Balaban J connectivity index is 1.18. The van der Waals surface area contributed by atoms with E-state index in [0.29, 0.717) is 36.6 Å². The Morgan fingerprint density at radius 3 is 2.25 bits per heavy atom. The number of hydrogen-bond acceptors (Lipinski definition) is 6. The Bertz CT molecular complexity index is 1040. The van der Waals surface area contributed by atoms with E-state index in [2.05, 4.69) is 15.6 Å². The molecule has 2 N–H and O–H groups in total. The van der Waals surface area contributed by atoms with Crippen molar-refractivity contribution in [3.05, 3.63) is 46.9 Å². The number of nitrogens with one attached hydrogen (secondary N) is 2. The molecule has 0 atom stereocenters. The Hall–Kier alpha value is -3.07. The van der Waals surface area contributed by atoms with Crippen molar-refractivity contribution in [1.82, 2.24) is 15.6 Å². The predicted molar refractivity (Wildman–Crippen MR) is 114 cm³/mol. The molecule has 10 heteroatoms. The third-order valence-electron chi connectivity index (χ3n) is 5.68. The van der Waals surface area contributed by atoms with Crippen molar-refractivity contribution in [3.63, 3.8) is 0 Å². The number of carbonyl (C=O) groups is 2. The van der Waals surface area contributed by atoms with Crippen molar-refractivity contribution < 1.29 is 28.2 Å². The van der Waals surface area contributed by atoms with Crippen molar-refractivity contribution in [1.29, 1.82) is 0 Å². The van der Waals surface area contributed by atoms with Gasteiger partial charge < -0.3 is 24.8 Å². The molecule has 0 unspecified atom stereocenters.